The van der Waals surface area contributed by atoms with Gasteiger partial charge in [0.1, 0.15) is 4.21 Å². The molecule has 0 bridgehead atoms. The zero-order valence-corrected chi connectivity index (χ0v) is 17.0. The quantitative estimate of drug-likeness (QED) is 0.642. The van der Waals surface area contributed by atoms with Gasteiger partial charge in [0.25, 0.3) is 15.9 Å². The largest absolute Gasteiger partial charge is 0.455 e. The van der Waals surface area contributed by atoms with Crippen molar-refractivity contribution in [1.82, 2.24) is 14.4 Å². The number of carbonyl (C=O) groups is 1. The van der Waals surface area contributed by atoms with Gasteiger partial charge >= 0.3 is 5.97 Å². The topological polar surface area (TPSA) is 103 Å². The van der Waals surface area contributed by atoms with E-state index in [9.17, 15) is 13.2 Å². The molecule has 0 N–H and O–H groups in total. The van der Waals surface area contributed by atoms with Crippen molar-refractivity contribution in [2.45, 2.75) is 43.9 Å². The van der Waals surface area contributed by atoms with Crippen LogP contribution in [0.4, 0.5) is 0 Å². The zero-order valence-electron chi connectivity index (χ0n) is 15.3. The second-order valence-corrected chi connectivity index (χ2v) is 10.0. The smallest absolute Gasteiger partial charge is 0.309 e. The number of thiophene rings is 1. The number of aromatic nitrogens is 2. The molecule has 3 heterocycles. The van der Waals surface area contributed by atoms with Gasteiger partial charge in [-0.25, -0.2) is 8.42 Å². The fourth-order valence-electron chi connectivity index (χ4n) is 2.92. The van der Waals surface area contributed by atoms with Crippen molar-refractivity contribution in [3.63, 3.8) is 0 Å². The first kappa shape index (κ1) is 20.0. The summed E-state index contributed by atoms with van der Waals surface area (Å²) >= 11 is 1.20. The SMILES string of the molecule is CC(C)Cc1noc(COC(=O)C2CCN(S(=O)(=O)c3cccs3)CC2)n1. The monoisotopic (exact) mass is 413 g/mol. The number of carbonyl (C=O) groups excluding carboxylic acids is 1. The van der Waals surface area contributed by atoms with Gasteiger partial charge in [0.05, 0.1) is 5.92 Å². The van der Waals surface area contributed by atoms with Gasteiger partial charge in [0.2, 0.25) is 0 Å². The molecular formula is C17H23N3O5S2. The lowest BCUT2D eigenvalue weighted by atomic mass is 9.98. The highest BCUT2D eigenvalue weighted by atomic mass is 32.2. The molecule has 1 aliphatic heterocycles. The Morgan fingerprint density at radius 3 is 2.78 bits per heavy atom. The van der Waals surface area contributed by atoms with Gasteiger partial charge in [0, 0.05) is 19.5 Å². The predicted molar refractivity (Wildman–Crippen MR) is 98.4 cm³/mol. The van der Waals surface area contributed by atoms with Gasteiger partial charge in [-0.15, -0.1) is 11.3 Å². The van der Waals surface area contributed by atoms with Crippen LogP contribution in [0.1, 0.15) is 38.4 Å². The van der Waals surface area contributed by atoms with Crippen LogP contribution in [0.25, 0.3) is 0 Å². The predicted octanol–water partition coefficient (Wildman–Crippen LogP) is 2.47. The van der Waals surface area contributed by atoms with Crippen molar-refractivity contribution < 1.29 is 22.5 Å². The molecule has 2 aromatic heterocycles. The van der Waals surface area contributed by atoms with E-state index in [1.54, 1.807) is 17.5 Å². The summed E-state index contributed by atoms with van der Waals surface area (Å²) in [5.41, 5.74) is 0. The van der Waals surface area contributed by atoms with Crippen molar-refractivity contribution in [1.29, 1.82) is 0 Å². The van der Waals surface area contributed by atoms with Crippen molar-refractivity contribution in [3.05, 3.63) is 29.2 Å². The molecule has 3 rings (SSSR count). The molecule has 27 heavy (non-hydrogen) atoms. The highest BCUT2D eigenvalue weighted by Gasteiger charge is 2.33. The Labute approximate surface area is 162 Å². The average molecular weight is 414 g/mol. The van der Waals surface area contributed by atoms with E-state index in [0.717, 1.165) is 0 Å². The van der Waals surface area contributed by atoms with Crippen LogP contribution in [-0.2, 0) is 32.6 Å². The summed E-state index contributed by atoms with van der Waals surface area (Å²) in [7, 11) is -3.46. The van der Waals surface area contributed by atoms with Crippen LogP contribution < -0.4 is 0 Å². The van der Waals surface area contributed by atoms with Crippen LogP contribution >= 0.6 is 11.3 Å². The first-order valence-electron chi connectivity index (χ1n) is 8.88. The lowest BCUT2D eigenvalue weighted by Gasteiger charge is -2.29. The number of piperidine rings is 1. The number of ether oxygens (including phenoxy) is 1. The number of hydrogen-bond acceptors (Lipinski definition) is 8. The number of nitrogens with zero attached hydrogens (tertiary/aromatic N) is 3. The second kappa shape index (κ2) is 8.49. The minimum absolute atomic E-state index is 0.0579. The summed E-state index contributed by atoms with van der Waals surface area (Å²) < 4.78 is 37.1. The maximum absolute atomic E-state index is 12.5. The molecule has 0 radical (unpaired) electrons. The van der Waals surface area contributed by atoms with Crippen LogP contribution in [0.3, 0.4) is 0 Å². The average Bonchev–Trinajstić information content (AvgIpc) is 3.31. The summed E-state index contributed by atoms with van der Waals surface area (Å²) in [6, 6.07) is 3.31. The van der Waals surface area contributed by atoms with Gasteiger partial charge in [-0.2, -0.15) is 9.29 Å². The van der Waals surface area contributed by atoms with E-state index in [0.29, 0.717) is 48.3 Å². The van der Waals surface area contributed by atoms with Crippen molar-refractivity contribution >= 4 is 27.3 Å². The van der Waals surface area contributed by atoms with E-state index in [1.165, 1.54) is 15.6 Å². The molecule has 0 atom stereocenters. The Morgan fingerprint density at radius 2 is 2.15 bits per heavy atom. The maximum atomic E-state index is 12.5. The molecule has 8 nitrogen and oxygen atoms in total. The van der Waals surface area contributed by atoms with Crippen LogP contribution in [0.2, 0.25) is 0 Å². The lowest BCUT2D eigenvalue weighted by Crippen LogP contribution is -2.40. The molecule has 1 fully saturated rings. The van der Waals surface area contributed by atoms with Crippen LogP contribution in [0.5, 0.6) is 0 Å². The standard InChI is InChI=1S/C17H23N3O5S2/c1-12(2)10-14-18-15(25-19-14)11-24-17(21)13-5-7-20(8-6-13)27(22,23)16-4-3-9-26-16/h3-4,9,12-13H,5-8,10-11H2,1-2H3. The summed E-state index contributed by atoms with van der Waals surface area (Å²) in [6.45, 7) is 4.66. The third-order valence-electron chi connectivity index (χ3n) is 4.32. The summed E-state index contributed by atoms with van der Waals surface area (Å²) in [4.78, 5) is 16.5. The number of esters is 1. The van der Waals surface area contributed by atoms with Crippen LogP contribution in [0, 0.1) is 11.8 Å². The highest BCUT2D eigenvalue weighted by molar-refractivity contribution is 7.91. The highest BCUT2D eigenvalue weighted by Crippen LogP contribution is 2.27. The van der Waals surface area contributed by atoms with Crippen molar-refractivity contribution in [3.8, 4) is 0 Å². The molecule has 10 heteroatoms. The Balaban J connectivity index is 1.48. The maximum Gasteiger partial charge on any atom is 0.309 e. The molecule has 0 amide bonds. The first-order chi connectivity index (χ1) is 12.9. The van der Waals surface area contributed by atoms with Gasteiger partial charge in [-0.3, -0.25) is 4.79 Å². The summed E-state index contributed by atoms with van der Waals surface area (Å²) in [6.07, 6.45) is 1.58. The van der Waals surface area contributed by atoms with Crippen LogP contribution in [-0.4, -0.2) is 41.9 Å². The van der Waals surface area contributed by atoms with E-state index in [-0.39, 0.29) is 24.4 Å². The molecule has 148 valence electrons. The minimum atomic E-state index is -3.46. The third kappa shape index (κ3) is 4.94. The molecule has 0 spiro atoms. The number of hydrogen-bond donors (Lipinski definition) is 0. The fraction of sp³-hybridized carbons (Fsp3) is 0.588. The van der Waals surface area contributed by atoms with Crippen molar-refractivity contribution in [2.24, 2.45) is 11.8 Å². The molecule has 1 aliphatic rings. The number of rotatable bonds is 7. The summed E-state index contributed by atoms with van der Waals surface area (Å²) in [5.74, 6) is 0.609. The minimum Gasteiger partial charge on any atom is -0.455 e. The Morgan fingerprint density at radius 1 is 1.41 bits per heavy atom. The molecule has 0 aromatic carbocycles. The lowest BCUT2D eigenvalue weighted by molar-refractivity contribution is -0.152. The van der Waals surface area contributed by atoms with E-state index in [2.05, 4.69) is 24.0 Å². The van der Waals surface area contributed by atoms with Gasteiger partial charge in [0.15, 0.2) is 12.4 Å². The summed E-state index contributed by atoms with van der Waals surface area (Å²) in [5, 5.41) is 5.60. The first-order valence-corrected chi connectivity index (χ1v) is 11.2. The molecular weight excluding hydrogens is 390 g/mol. The normalized spacial score (nSPS) is 16.7. The van der Waals surface area contributed by atoms with Crippen molar-refractivity contribution in [2.75, 3.05) is 13.1 Å². The van der Waals surface area contributed by atoms with E-state index in [1.807, 2.05) is 0 Å². The number of sulfonamides is 1. The van der Waals surface area contributed by atoms with Crippen LogP contribution in [0.15, 0.2) is 26.2 Å². The Hall–Kier alpha value is -1.78. The molecule has 1 saturated heterocycles. The second-order valence-electron chi connectivity index (χ2n) is 6.92. The van der Waals surface area contributed by atoms with Gasteiger partial charge in [-0.05, 0) is 30.2 Å². The van der Waals surface area contributed by atoms with E-state index >= 15 is 0 Å². The van der Waals surface area contributed by atoms with E-state index < -0.39 is 10.0 Å². The Bertz CT molecular complexity index is 853. The van der Waals surface area contributed by atoms with E-state index in [4.69, 9.17) is 9.26 Å². The molecule has 2 aromatic rings. The van der Waals surface area contributed by atoms with Gasteiger partial charge < -0.3 is 9.26 Å². The zero-order chi connectivity index (χ0) is 19.4. The van der Waals surface area contributed by atoms with Gasteiger partial charge in [-0.1, -0.05) is 25.1 Å². The fourth-order valence-corrected chi connectivity index (χ4v) is 5.53. The third-order valence-corrected chi connectivity index (χ3v) is 7.59. The molecule has 0 aliphatic carbocycles. The Kier molecular flexibility index (Phi) is 6.28. The molecule has 0 saturated carbocycles. The molecule has 0 unspecified atom stereocenters.